The predicted molar refractivity (Wildman–Crippen MR) is 82.1 cm³/mol. The highest BCUT2D eigenvalue weighted by atomic mass is 19.2. The molecule has 0 saturated carbocycles. The third-order valence-electron chi connectivity index (χ3n) is 3.24. The van der Waals surface area contributed by atoms with Crippen LogP contribution in [0.4, 0.5) is 8.78 Å². The molecule has 5 nitrogen and oxygen atoms in total. The number of aromatic nitrogens is 1. The van der Waals surface area contributed by atoms with Gasteiger partial charge in [0.15, 0.2) is 11.6 Å². The Morgan fingerprint density at radius 3 is 2.54 bits per heavy atom. The van der Waals surface area contributed by atoms with Gasteiger partial charge in [-0.3, -0.25) is 4.98 Å². The summed E-state index contributed by atoms with van der Waals surface area (Å²) in [5.74, 6) is -3.24. The first-order valence-corrected chi connectivity index (χ1v) is 7.29. The van der Waals surface area contributed by atoms with Crippen molar-refractivity contribution in [2.75, 3.05) is 13.7 Å². The Morgan fingerprint density at radius 1 is 1.21 bits per heavy atom. The van der Waals surface area contributed by atoms with E-state index in [1.165, 1.54) is 12.3 Å². The molecule has 0 radical (unpaired) electrons. The molecule has 1 aromatic heterocycles. The Morgan fingerprint density at radius 2 is 1.96 bits per heavy atom. The van der Waals surface area contributed by atoms with Gasteiger partial charge < -0.3 is 14.2 Å². The molecule has 2 aromatic rings. The molecule has 0 bridgehead atoms. The Labute approximate surface area is 138 Å². The Kier molecular flexibility index (Phi) is 5.68. The summed E-state index contributed by atoms with van der Waals surface area (Å²) in [7, 11) is 1.09. The van der Waals surface area contributed by atoms with Gasteiger partial charge in [-0.25, -0.2) is 9.18 Å². The zero-order chi connectivity index (χ0) is 17.7. The average Bonchev–Trinajstić information content (AvgIpc) is 2.59. The summed E-state index contributed by atoms with van der Waals surface area (Å²) in [4.78, 5) is 15.5. The summed E-state index contributed by atoms with van der Waals surface area (Å²) < 4.78 is 43.0. The molecule has 7 heteroatoms. The van der Waals surface area contributed by atoms with E-state index in [9.17, 15) is 13.6 Å². The number of carbonyl (C=O) groups excluding carboxylic acids is 1. The minimum Gasteiger partial charge on any atom is -0.492 e. The molecule has 0 spiro atoms. The number of methoxy groups -OCH3 is 1. The predicted octanol–water partition coefficient (Wildman–Crippen LogP) is 3.69. The number of carbonyl (C=O) groups is 1. The molecule has 0 aliphatic carbocycles. The highest BCUT2D eigenvalue weighted by molar-refractivity contribution is 5.89. The third kappa shape index (κ3) is 3.79. The van der Waals surface area contributed by atoms with Crippen LogP contribution in [0.1, 0.15) is 36.0 Å². The number of hydrogen-bond donors (Lipinski definition) is 0. The summed E-state index contributed by atoms with van der Waals surface area (Å²) in [6.45, 7) is 4.02. The SMILES string of the molecule is CCOc1ccc(C(C)Oc2ccc(C(=O)OC)c(F)c2F)nc1. The lowest BCUT2D eigenvalue weighted by Gasteiger charge is -2.16. The van der Waals surface area contributed by atoms with Gasteiger partial charge in [-0.2, -0.15) is 4.39 Å². The molecular formula is C17H17F2NO4. The maximum atomic E-state index is 14.1. The number of ether oxygens (including phenoxy) is 3. The lowest BCUT2D eigenvalue weighted by atomic mass is 10.2. The van der Waals surface area contributed by atoms with E-state index in [1.54, 1.807) is 19.1 Å². The van der Waals surface area contributed by atoms with E-state index in [-0.39, 0.29) is 5.75 Å². The van der Waals surface area contributed by atoms with E-state index in [2.05, 4.69) is 9.72 Å². The van der Waals surface area contributed by atoms with E-state index in [1.807, 2.05) is 6.92 Å². The number of benzene rings is 1. The molecule has 2 rings (SSSR count). The molecular weight excluding hydrogens is 320 g/mol. The molecule has 1 unspecified atom stereocenters. The van der Waals surface area contributed by atoms with Crippen molar-refractivity contribution < 1.29 is 27.8 Å². The zero-order valence-electron chi connectivity index (χ0n) is 13.5. The molecule has 1 aromatic carbocycles. The lowest BCUT2D eigenvalue weighted by Crippen LogP contribution is -2.10. The van der Waals surface area contributed by atoms with Crippen LogP contribution in [0.3, 0.4) is 0 Å². The van der Waals surface area contributed by atoms with Crippen LogP contribution in [-0.2, 0) is 4.74 Å². The van der Waals surface area contributed by atoms with Crippen LogP contribution in [0.25, 0.3) is 0 Å². The largest absolute Gasteiger partial charge is 0.492 e. The van der Waals surface area contributed by atoms with E-state index in [0.717, 1.165) is 13.2 Å². The van der Waals surface area contributed by atoms with Gasteiger partial charge in [0.25, 0.3) is 0 Å². The maximum Gasteiger partial charge on any atom is 0.340 e. The van der Waals surface area contributed by atoms with E-state index in [0.29, 0.717) is 18.1 Å². The average molecular weight is 337 g/mol. The number of rotatable bonds is 6. The van der Waals surface area contributed by atoms with Crippen molar-refractivity contribution in [3.63, 3.8) is 0 Å². The van der Waals surface area contributed by atoms with Crippen LogP contribution in [0.2, 0.25) is 0 Å². The molecule has 0 N–H and O–H groups in total. The van der Waals surface area contributed by atoms with Gasteiger partial charge in [0.2, 0.25) is 5.82 Å². The second-order valence-corrected chi connectivity index (χ2v) is 4.84. The van der Waals surface area contributed by atoms with Gasteiger partial charge in [0.1, 0.15) is 11.9 Å². The van der Waals surface area contributed by atoms with Gasteiger partial charge in [-0.05, 0) is 38.1 Å². The van der Waals surface area contributed by atoms with Crippen molar-refractivity contribution in [2.45, 2.75) is 20.0 Å². The number of hydrogen-bond acceptors (Lipinski definition) is 5. The zero-order valence-corrected chi connectivity index (χ0v) is 13.5. The smallest absolute Gasteiger partial charge is 0.340 e. The number of esters is 1. The standard InChI is InChI=1S/C17H17F2NO4/c1-4-23-11-5-7-13(20-9-11)10(2)24-14-8-6-12(17(21)22-3)15(18)16(14)19/h5-10H,4H2,1-3H3. The summed E-state index contributed by atoms with van der Waals surface area (Å²) in [5.41, 5.74) is 0.0319. The minimum absolute atomic E-state index is 0.316. The topological polar surface area (TPSA) is 57.7 Å². The molecule has 0 saturated heterocycles. The van der Waals surface area contributed by atoms with Gasteiger partial charge in [0.05, 0.1) is 31.2 Å². The molecule has 24 heavy (non-hydrogen) atoms. The van der Waals surface area contributed by atoms with Gasteiger partial charge in [0, 0.05) is 0 Å². The second-order valence-electron chi connectivity index (χ2n) is 4.84. The van der Waals surface area contributed by atoms with E-state index in [4.69, 9.17) is 9.47 Å². The van der Waals surface area contributed by atoms with Crippen molar-refractivity contribution in [2.24, 2.45) is 0 Å². The second kappa shape index (κ2) is 7.72. The fraction of sp³-hybridized carbons (Fsp3) is 0.294. The van der Waals surface area contributed by atoms with Crippen LogP contribution in [0.15, 0.2) is 30.5 Å². The number of pyridine rings is 1. The van der Waals surface area contributed by atoms with Gasteiger partial charge in [-0.15, -0.1) is 0 Å². The summed E-state index contributed by atoms with van der Waals surface area (Å²) in [6.07, 6.45) is 0.897. The molecule has 0 aliphatic heterocycles. The summed E-state index contributed by atoms with van der Waals surface area (Å²) >= 11 is 0. The van der Waals surface area contributed by atoms with Crippen molar-refractivity contribution in [3.8, 4) is 11.5 Å². The van der Waals surface area contributed by atoms with Crippen molar-refractivity contribution in [1.29, 1.82) is 0 Å². The van der Waals surface area contributed by atoms with Crippen molar-refractivity contribution >= 4 is 5.97 Å². The molecule has 128 valence electrons. The van der Waals surface area contributed by atoms with E-state index >= 15 is 0 Å². The summed E-state index contributed by atoms with van der Waals surface area (Å²) in [5, 5.41) is 0. The van der Waals surface area contributed by atoms with Gasteiger partial charge >= 0.3 is 5.97 Å². The van der Waals surface area contributed by atoms with Crippen LogP contribution in [0.5, 0.6) is 11.5 Å². The number of halogens is 2. The van der Waals surface area contributed by atoms with Crippen molar-refractivity contribution in [1.82, 2.24) is 4.98 Å². The van der Waals surface area contributed by atoms with Gasteiger partial charge in [-0.1, -0.05) is 0 Å². The Bertz CT molecular complexity index is 719. The third-order valence-corrected chi connectivity index (χ3v) is 3.24. The number of nitrogens with zero attached hydrogens (tertiary/aromatic N) is 1. The molecule has 1 heterocycles. The van der Waals surface area contributed by atoms with Crippen LogP contribution in [-0.4, -0.2) is 24.7 Å². The molecule has 1 atom stereocenters. The van der Waals surface area contributed by atoms with Crippen molar-refractivity contribution in [3.05, 3.63) is 53.4 Å². The lowest BCUT2D eigenvalue weighted by molar-refractivity contribution is 0.0594. The van der Waals surface area contributed by atoms with Crippen LogP contribution in [0, 0.1) is 11.6 Å². The normalized spacial score (nSPS) is 11.7. The molecule has 0 amide bonds. The first-order chi connectivity index (χ1) is 11.5. The first-order valence-electron chi connectivity index (χ1n) is 7.29. The monoisotopic (exact) mass is 337 g/mol. The first kappa shape index (κ1) is 17.7. The molecule has 0 aliphatic rings. The van der Waals surface area contributed by atoms with Crippen LogP contribution < -0.4 is 9.47 Å². The quantitative estimate of drug-likeness (QED) is 0.753. The summed E-state index contributed by atoms with van der Waals surface area (Å²) in [6, 6.07) is 5.67. The maximum absolute atomic E-state index is 14.1. The molecule has 0 fully saturated rings. The van der Waals surface area contributed by atoms with E-state index < -0.39 is 29.3 Å². The Hall–Kier alpha value is -2.70. The Balaban J connectivity index is 2.18. The highest BCUT2D eigenvalue weighted by Crippen LogP contribution is 2.27. The fourth-order valence-corrected chi connectivity index (χ4v) is 2.03. The van der Waals surface area contributed by atoms with Crippen LogP contribution >= 0.6 is 0 Å². The minimum atomic E-state index is -1.31. The highest BCUT2D eigenvalue weighted by Gasteiger charge is 2.21. The fourth-order valence-electron chi connectivity index (χ4n) is 2.03.